The van der Waals surface area contributed by atoms with Gasteiger partial charge in [-0.1, -0.05) is 97.9 Å². The lowest BCUT2D eigenvalue weighted by atomic mass is 9.77. The Morgan fingerprint density at radius 3 is 1.98 bits per heavy atom. The number of benzene rings is 4. The van der Waals surface area contributed by atoms with Gasteiger partial charge in [-0.3, -0.25) is 15.1 Å². The molecule has 10 heteroatoms. The van der Waals surface area contributed by atoms with Gasteiger partial charge in [-0.25, -0.2) is 19.2 Å². The highest BCUT2D eigenvalue weighted by Gasteiger charge is 2.54. The van der Waals surface area contributed by atoms with Gasteiger partial charge in [-0.05, 0) is 79.5 Å². The Bertz CT molecular complexity index is 2490. The quantitative estimate of drug-likeness (QED) is 0.142. The number of carbonyl (C=O) groups excluding carboxylic acids is 2. The number of fused-ring (bicyclic) bond motifs is 1. The van der Waals surface area contributed by atoms with Crippen LogP contribution < -0.4 is 10.6 Å². The predicted molar refractivity (Wildman–Crippen MR) is 220 cm³/mol. The number of amides is 2. The smallest absolute Gasteiger partial charge is 0.412 e. The lowest BCUT2D eigenvalue weighted by molar-refractivity contribution is -0.117. The fourth-order valence-electron chi connectivity index (χ4n) is 8.02. The van der Waals surface area contributed by atoms with Crippen LogP contribution in [0.25, 0.3) is 21.9 Å². The molecule has 1 fully saturated rings. The van der Waals surface area contributed by atoms with E-state index in [-0.39, 0.29) is 34.9 Å². The lowest BCUT2D eigenvalue weighted by Gasteiger charge is -2.37. The average molecular weight is 759 g/mol. The Labute approximate surface area is 331 Å². The van der Waals surface area contributed by atoms with Crippen molar-refractivity contribution in [1.82, 2.24) is 19.5 Å². The van der Waals surface area contributed by atoms with E-state index in [9.17, 15) is 9.59 Å². The van der Waals surface area contributed by atoms with E-state index in [1.165, 1.54) is 6.20 Å². The normalized spacial score (nSPS) is 16.6. The Morgan fingerprint density at radius 1 is 0.789 bits per heavy atom. The van der Waals surface area contributed by atoms with Crippen molar-refractivity contribution in [3.63, 3.8) is 0 Å². The molecule has 3 unspecified atom stereocenters. The average Bonchev–Trinajstić information content (AvgIpc) is 3.63. The number of ether oxygens (including phenoxy) is 1. The number of rotatable bonds is 9. The molecule has 9 nitrogen and oxygen atoms in total. The monoisotopic (exact) mass is 758 g/mol. The maximum atomic E-state index is 16.3. The van der Waals surface area contributed by atoms with Crippen LogP contribution >= 0.6 is 0 Å². The first-order valence-electron chi connectivity index (χ1n) is 19.0. The van der Waals surface area contributed by atoms with Gasteiger partial charge in [0, 0.05) is 47.2 Å². The molecule has 0 spiro atoms. The SMILES string of the molecule is Cc1ccncc1-c1cc2cc(NC(=O)C3C(C)C3c3cn(C(c4ccccc4)(c4ccccc4)c4ccccc4)cn3)ncc2c(NC(=O)OC(C)(C)C)c1F. The summed E-state index contributed by atoms with van der Waals surface area (Å²) in [5, 5.41) is 6.53. The minimum Gasteiger partial charge on any atom is -0.444 e. The number of anilines is 2. The van der Waals surface area contributed by atoms with Gasteiger partial charge in [0.1, 0.15) is 17.0 Å². The van der Waals surface area contributed by atoms with Crippen LogP contribution in [0.4, 0.5) is 20.7 Å². The number of pyridine rings is 2. The van der Waals surface area contributed by atoms with E-state index in [0.717, 1.165) is 27.9 Å². The molecule has 3 atom stereocenters. The molecule has 286 valence electrons. The minimum atomic E-state index is -0.801. The molecule has 1 saturated carbocycles. The van der Waals surface area contributed by atoms with E-state index in [1.54, 1.807) is 51.4 Å². The van der Waals surface area contributed by atoms with Crippen LogP contribution in [-0.2, 0) is 15.1 Å². The summed E-state index contributed by atoms with van der Waals surface area (Å²) in [5.41, 5.74) is 4.09. The number of nitrogens with zero attached hydrogens (tertiary/aromatic N) is 4. The van der Waals surface area contributed by atoms with Gasteiger partial charge in [0.05, 0.1) is 23.6 Å². The van der Waals surface area contributed by atoms with Crippen LogP contribution in [0.3, 0.4) is 0 Å². The van der Waals surface area contributed by atoms with E-state index in [2.05, 4.69) is 74.7 Å². The highest BCUT2D eigenvalue weighted by molar-refractivity contribution is 6.05. The fraction of sp³-hybridized carbons (Fsp3) is 0.213. The number of aryl methyl sites for hydroxylation is 1. The Kier molecular flexibility index (Phi) is 9.65. The number of halogens is 1. The first-order valence-corrected chi connectivity index (χ1v) is 19.0. The zero-order valence-electron chi connectivity index (χ0n) is 32.4. The van der Waals surface area contributed by atoms with Gasteiger partial charge in [-0.15, -0.1) is 0 Å². The summed E-state index contributed by atoms with van der Waals surface area (Å²) in [4.78, 5) is 40.5. The largest absolute Gasteiger partial charge is 0.444 e. The highest BCUT2D eigenvalue weighted by atomic mass is 19.1. The van der Waals surface area contributed by atoms with E-state index in [4.69, 9.17) is 9.72 Å². The summed E-state index contributed by atoms with van der Waals surface area (Å²) in [7, 11) is 0. The zero-order chi connectivity index (χ0) is 39.9. The van der Waals surface area contributed by atoms with Crippen molar-refractivity contribution in [2.24, 2.45) is 11.8 Å². The molecule has 7 aromatic rings. The summed E-state index contributed by atoms with van der Waals surface area (Å²) in [6.07, 6.45) is 7.82. The predicted octanol–water partition coefficient (Wildman–Crippen LogP) is 10.1. The molecule has 1 aliphatic rings. The number of nitrogens with one attached hydrogen (secondary N) is 2. The number of carbonyl (C=O) groups is 2. The molecule has 0 bridgehead atoms. The molecule has 0 saturated heterocycles. The number of imidazole rings is 1. The second-order valence-electron chi connectivity index (χ2n) is 15.6. The number of aromatic nitrogens is 4. The van der Waals surface area contributed by atoms with Crippen molar-refractivity contribution in [2.45, 2.75) is 51.7 Å². The zero-order valence-corrected chi connectivity index (χ0v) is 32.4. The molecular formula is C47H43FN6O3. The third-order valence-electron chi connectivity index (χ3n) is 10.8. The van der Waals surface area contributed by atoms with E-state index >= 15 is 4.39 Å². The van der Waals surface area contributed by atoms with Crippen LogP contribution in [0, 0.1) is 24.6 Å². The molecule has 3 aromatic heterocycles. The van der Waals surface area contributed by atoms with Gasteiger partial charge in [0.25, 0.3) is 0 Å². The molecule has 3 heterocycles. The van der Waals surface area contributed by atoms with Crippen molar-refractivity contribution in [2.75, 3.05) is 10.6 Å². The number of hydrogen-bond donors (Lipinski definition) is 2. The first-order chi connectivity index (χ1) is 27.5. The third-order valence-corrected chi connectivity index (χ3v) is 10.8. The van der Waals surface area contributed by atoms with Crippen molar-refractivity contribution in [3.8, 4) is 11.1 Å². The summed E-state index contributed by atoms with van der Waals surface area (Å²) >= 11 is 0. The van der Waals surface area contributed by atoms with Gasteiger partial charge >= 0.3 is 6.09 Å². The molecule has 0 aliphatic heterocycles. The van der Waals surface area contributed by atoms with Gasteiger partial charge in [-0.2, -0.15) is 0 Å². The van der Waals surface area contributed by atoms with Crippen LogP contribution in [0.5, 0.6) is 0 Å². The van der Waals surface area contributed by atoms with Crippen molar-refractivity contribution in [1.29, 1.82) is 0 Å². The molecule has 57 heavy (non-hydrogen) atoms. The van der Waals surface area contributed by atoms with Crippen molar-refractivity contribution in [3.05, 3.63) is 174 Å². The van der Waals surface area contributed by atoms with Gasteiger partial charge in [0.15, 0.2) is 5.82 Å². The summed E-state index contributed by atoms with van der Waals surface area (Å²) < 4.78 is 23.9. The van der Waals surface area contributed by atoms with Crippen molar-refractivity contribution < 1.29 is 18.7 Å². The third kappa shape index (κ3) is 7.03. The molecule has 0 radical (unpaired) electrons. The summed E-state index contributed by atoms with van der Waals surface area (Å²) in [6.45, 7) is 9.12. The standard InChI is InChI=1S/C47H43FN6O3/c1-29-21-22-49-25-36(29)35-23-31-24-39(50-26-37(31)43(42(35)48)53-45(56)57-46(3,4)5)52-44(55)41-30(2)40(41)38-27-54(28-51-38)47(32-15-9-6-10-16-32,33-17-11-7-12-18-33)34-19-13-8-14-20-34/h6-28,30,40-41H,1-5H3,(H,53,56)(H,50,52,55). The second kappa shape index (κ2) is 14.8. The molecule has 1 aliphatic carbocycles. The van der Waals surface area contributed by atoms with Crippen LogP contribution in [0.15, 0.2) is 140 Å². The molecule has 8 rings (SSSR count). The molecular weight excluding hydrogens is 716 g/mol. The highest BCUT2D eigenvalue weighted by Crippen LogP contribution is 2.54. The first kappa shape index (κ1) is 37.3. The van der Waals surface area contributed by atoms with Crippen LogP contribution in [0.2, 0.25) is 0 Å². The Hall–Kier alpha value is -6.68. The minimum absolute atomic E-state index is 0.0206. The maximum Gasteiger partial charge on any atom is 0.412 e. The maximum absolute atomic E-state index is 16.3. The van der Waals surface area contributed by atoms with Gasteiger partial charge < -0.3 is 14.6 Å². The fourth-order valence-corrected chi connectivity index (χ4v) is 8.02. The Morgan fingerprint density at radius 2 is 1.40 bits per heavy atom. The Balaban J connectivity index is 1.11. The molecule has 2 N–H and O–H groups in total. The van der Waals surface area contributed by atoms with E-state index in [0.29, 0.717) is 22.2 Å². The van der Waals surface area contributed by atoms with Gasteiger partial charge in [0.2, 0.25) is 5.91 Å². The lowest BCUT2D eigenvalue weighted by Crippen LogP contribution is -2.36. The van der Waals surface area contributed by atoms with E-state index < -0.39 is 23.1 Å². The number of hydrogen-bond acceptors (Lipinski definition) is 6. The van der Waals surface area contributed by atoms with Crippen molar-refractivity contribution >= 4 is 34.3 Å². The molecule has 4 aromatic carbocycles. The van der Waals surface area contributed by atoms with Crippen LogP contribution in [0.1, 0.15) is 61.6 Å². The summed E-state index contributed by atoms with van der Waals surface area (Å²) in [5.74, 6) is -0.981. The summed E-state index contributed by atoms with van der Waals surface area (Å²) in [6, 6.07) is 36.3. The molecule has 2 amide bonds. The van der Waals surface area contributed by atoms with E-state index in [1.807, 2.05) is 67.8 Å². The second-order valence-corrected chi connectivity index (χ2v) is 15.6. The topological polar surface area (TPSA) is 111 Å². The van der Waals surface area contributed by atoms with Crippen LogP contribution in [-0.4, -0.2) is 37.1 Å².